The molecule has 28 heavy (non-hydrogen) atoms. The average molecular weight is 407 g/mol. The van der Waals surface area contributed by atoms with Crippen LogP contribution in [0.3, 0.4) is 0 Å². The Labute approximate surface area is 170 Å². The first kappa shape index (κ1) is 21.0. The minimum Gasteiger partial charge on any atom is -0.494 e. The van der Waals surface area contributed by atoms with Crippen LogP contribution in [0.2, 0.25) is 0 Å². The van der Waals surface area contributed by atoms with Crippen molar-refractivity contribution in [3.05, 3.63) is 32.3 Å². The van der Waals surface area contributed by atoms with E-state index < -0.39 is 5.56 Å². The van der Waals surface area contributed by atoms with E-state index in [1.165, 1.54) is 24.6 Å². The number of nitrogens with one attached hydrogen (secondary N) is 1. The van der Waals surface area contributed by atoms with Crippen LogP contribution in [-0.4, -0.2) is 65.2 Å². The summed E-state index contributed by atoms with van der Waals surface area (Å²) < 4.78 is 7.19. The van der Waals surface area contributed by atoms with Gasteiger partial charge in [0.15, 0.2) is 4.77 Å². The maximum atomic E-state index is 12.2. The largest absolute Gasteiger partial charge is 0.494 e. The third-order valence-corrected chi connectivity index (χ3v) is 5.66. The van der Waals surface area contributed by atoms with E-state index >= 15 is 0 Å². The van der Waals surface area contributed by atoms with E-state index in [-0.39, 0.29) is 16.2 Å². The second kappa shape index (κ2) is 10.7. The van der Waals surface area contributed by atoms with E-state index in [4.69, 9.17) is 17.0 Å². The molecular weight excluding hydrogens is 376 g/mol. The molecule has 1 fully saturated rings. The molecule has 1 aliphatic heterocycles. The summed E-state index contributed by atoms with van der Waals surface area (Å²) in [5.74, 6) is -0.0953. The maximum Gasteiger partial charge on any atom is 0.264 e. The zero-order chi connectivity index (χ0) is 19.8. The van der Waals surface area contributed by atoms with Crippen LogP contribution >= 0.6 is 12.2 Å². The van der Waals surface area contributed by atoms with Gasteiger partial charge in [0.05, 0.1) is 13.2 Å². The van der Waals surface area contributed by atoms with Crippen molar-refractivity contribution in [2.45, 2.75) is 45.1 Å². The summed E-state index contributed by atoms with van der Waals surface area (Å²) in [5.41, 5.74) is 1.18. The highest BCUT2D eigenvalue weighted by Crippen LogP contribution is 2.22. The molecular formula is C20H30N4O3S. The summed E-state index contributed by atoms with van der Waals surface area (Å²) in [5, 5.41) is 10.6. The fraction of sp³-hybridized carbons (Fsp3) is 0.650. The van der Waals surface area contributed by atoms with Crippen LogP contribution < -0.4 is 5.56 Å². The average Bonchev–Trinajstić information content (AvgIpc) is 2.71. The first-order valence-electron chi connectivity index (χ1n) is 10.2. The number of rotatable bonds is 8. The van der Waals surface area contributed by atoms with Gasteiger partial charge in [-0.3, -0.25) is 24.2 Å². The number of H-pyrrole nitrogens is 1. The number of hydrogen-bond acceptors (Lipinski definition) is 6. The van der Waals surface area contributed by atoms with Gasteiger partial charge in [-0.05, 0) is 50.7 Å². The van der Waals surface area contributed by atoms with Crippen molar-refractivity contribution in [2.24, 2.45) is 4.99 Å². The lowest BCUT2D eigenvalue weighted by Crippen LogP contribution is -2.37. The minimum absolute atomic E-state index is 0.0953. The highest BCUT2D eigenvalue weighted by molar-refractivity contribution is 7.71. The highest BCUT2D eigenvalue weighted by Gasteiger charge is 2.12. The zero-order valence-electron chi connectivity index (χ0n) is 16.4. The Morgan fingerprint density at radius 2 is 2.11 bits per heavy atom. The first-order chi connectivity index (χ1) is 13.6. The quantitative estimate of drug-likeness (QED) is 0.300. The smallest absolute Gasteiger partial charge is 0.264 e. The van der Waals surface area contributed by atoms with Crippen LogP contribution in [-0.2, 0) is 11.3 Å². The van der Waals surface area contributed by atoms with Crippen molar-refractivity contribution < 1.29 is 9.84 Å². The number of aromatic hydroxyl groups is 1. The minimum atomic E-state index is -0.396. The molecule has 1 aromatic heterocycles. The normalized spacial score (nSPS) is 18.5. The summed E-state index contributed by atoms with van der Waals surface area (Å²) in [7, 11) is 0. The number of aromatic nitrogens is 2. The Morgan fingerprint density at radius 3 is 2.86 bits per heavy atom. The molecule has 8 heteroatoms. The Kier molecular flexibility index (Phi) is 8.00. The zero-order valence-corrected chi connectivity index (χ0v) is 17.2. The van der Waals surface area contributed by atoms with Gasteiger partial charge in [-0.2, -0.15) is 0 Å². The molecule has 0 saturated carbocycles. The molecule has 1 aromatic rings. The number of ether oxygens (including phenoxy) is 1. The standard InChI is InChI=1S/C20H30N4O3S/c25-18-17(15-21-8-4-9-23-11-13-27-14-12-23)19(26)24(20(28)22-18)10-7-16-5-2-1-3-6-16/h5,15,26H,1-4,6-14H2,(H,22,25,28). The van der Waals surface area contributed by atoms with Gasteiger partial charge < -0.3 is 9.84 Å². The summed E-state index contributed by atoms with van der Waals surface area (Å²) in [6, 6.07) is 0. The molecule has 0 spiro atoms. The Hall–Kier alpha value is -1.77. The Balaban J connectivity index is 1.59. The molecule has 2 aliphatic rings. The fourth-order valence-corrected chi connectivity index (χ4v) is 3.92. The van der Waals surface area contributed by atoms with E-state index in [0.717, 1.165) is 58.5 Å². The summed E-state index contributed by atoms with van der Waals surface area (Å²) in [6.07, 6.45) is 10.2. The van der Waals surface area contributed by atoms with Gasteiger partial charge in [-0.15, -0.1) is 0 Å². The maximum absolute atomic E-state index is 12.2. The highest BCUT2D eigenvalue weighted by atomic mass is 32.1. The van der Waals surface area contributed by atoms with Gasteiger partial charge in [0.2, 0.25) is 5.88 Å². The predicted molar refractivity (Wildman–Crippen MR) is 113 cm³/mol. The monoisotopic (exact) mass is 406 g/mol. The van der Waals surface area contributed by atoms with Gasteiger partial charge in [0.25, 0.3) is 5.56 Å². The number of nitrogens with zero attached hydrogens (tertiary/aromatic N) is 3. The number of hydrogen-bond donors (Lipinski definition) is 2. The van der Waals surface area contributed by atoms with Gasteiger partial charge >= 0.3 is 0 Å². The Bertz CT molecular complexity index is 822. The summed E-state index contributed by atoms with van der Waals surface area (Å²) >= 11 is 5.25. The molecule has 0 atom stereocenters. The second-order valence-electron chi connectivity index (χ2n) is 7.35. The third kappa shape index (κ3) is 5.86. The fourth-order valence-electron chi connectivity index (χ4n) is 3.65. The predicted octanol–water partition coefficient (Wildman–Crippen LogP) is 2.64. The van der Waals surface area contributed by atoms with Gasteiger partial charge in [0.1, 0.15) is 5.56 Å². The molecule has 0 unspecified atom stereocenters. The SMILES string of the molecule is O=c1[nH]c(=S)n(CCC2=CCCCC2)c(O)c1C=NCCCN1CCOCC1. The van der Waals surface area contributed by atoms with Crippen LogP contribution in [0.25, 0.3) is 0 Å². The molecule has 2 N–H and O–H groups in total. The number of aliphatic imine (C=N–C) groups is 1. The van der Waals surface area contributed by atoms with E-state index in [0.29, 0.717) is 13.1 Å². The van der Waals surface area contributed by atoms with Crippen LogP contribution in [0.15, 0.2) is 21.4 Å². The topological polar surface area (TPSA) is 82.8 Å². The molecule has 3 rings (SSSR count). The molecule has 0 bridgehead atoms. The Morgan fingerprint density at radius 1 is 1.29 bits per heavy atom. The molecule has 2 heterocycles. The molecule has 0 radical (unpaired) electrons. The molecule has 1 saturated heterocycles. The molecule has 0 amide bonds. The lowest BCUT2D eigenvalue weighted by Gasteiger charge is -2.26. The molecule has 1 aliphatic carbocycles. The van der Waals surface area contributed by atoms with Crippen molar-refractivity contribution in [3.63, 3.8) is 0 Å². The van der Waals surface area contributed by atoms with Crippen molar-refractivity contribution in [1.29, 1.82) is 0 Å². The van der Waals surface area contributed by atoms with Crippen molar-refractivity contribution in [1.82, 2.24) is 14.5 Å². The van der Waals surface area contributed by atoms with Crippen molar-refractivity contribution in [3.8, 4) is 5.88 Å². The van der Waals surface area contributed by atoms with E-state index in [1.54, 1.807) is 4.57 Å². The van der Waals surface area contributed by atoms with Crippen molar-refractivity contribution in [2.75, 3.05) is 39.4 Å². The lowest BCUT2D eigenvalue weighted by molar-refractivity contribution is 0.0377. The number of aromatic amines is 1. The molecule has 0 aromatic carbocycles. The van der Waals surface area contributed by atoms with Gasteiger partial charge in [-0.25, -0.2) is 0 Å². The van der Waals surface area contributed by atoms with Gasteiger partial charge in [0, 0.05) is 38.9 Å². The van der Waals surface area contributed by atoms with E-state index in [2.05, 4.69) is 21.0 Å². The first-order valence-corrected chi connectivity index (χ1v) is 10.6. The van der Waals surface area contributed by atoms with Crippen LogP contribution in [0, 0.1) is 4.77 Å². The van der Waals surface area contributed by atoms with Crippen LogP contribution in [0.4, 0.5) is 0 Å². The van der Waals surface area contributed by atoms with Crippen LogP contribution in [0.5, 0.6) is 5.88 Å². The molecule has 154 valence electrons. The van der Waals surface area contributed by atoms with E-state index in [9.17, 15) is 9.90 Å². The number of morpholine rings is 1. The number of allylic oxidation sites excluding steroid dienone is 2. The van der Waals surface area contributed by atoms with Crippen LogP contribution in [0.1, 0.15) is 44.1 Å². The third-order valence-electron chi connectivity index (χ3n) is 5.33. The van der Waals surface area contributed by atoms with Crippen molar-refractivity contribution >= 4 is 18.4 Å². The lowest BCUT2D eigenvalue weighted by atomic mass is 9.97. The summed E-state index contributed by atoms with van der Waals surface area (Å²) in [6.45, 7) is 5.63. The molecule has 7 nitrogen and oxygen atoms in total. The van der Waals surface area contributed by atoms with Gasteiger partial charge in [-0.1, -0.05) is 11.6 Å². The summed E-state index contributed by atoms with van der Waals surface area (Å²) in [4.78, 5) is 21.6. The second-order valence-corrected chi connectivity index (χ2v) is 7.74. The van der Waals surface area contributed by atoms with E-state index in [1.807, 2.05) is 0 Å².